The van der Waals surface area contributed by atoms with Crippen molar-refractivity contribution in [3.8, 4) is 11.4 Å². The van der Waals surface area contributed by atoms with Crippen LogP contribution in [-0.4, -0.2) is 26.4 Å². The zero-order valence-corrected chi connectivity index (χ0v) is 15.4. The number of aryl methyl sites for hydroxylation is 1. The highest BCUT2D eigenvalue weighted by Crippen LogP contribution is 2.29. The number of carbonyl (C=O) groups excluding carboxylic acids is 1. The summed E-state index contributed by atoms with van der Waals surface area (Å²) in [5, 5.41) is 12.3. The number of anilines is 1. The van der Waals surface area contributed by atoms with Gasteiger partial charge in [-0.1, -0.05) is 23.9 Å². The summed E-state index contributed by atoms with van der Waals surface area (Å²) in [5.41, 5.74) is 4.47. The first-order valence-corrected chi connectivity index (χ1v) is 9.74. The molecule has 6 nitrogen and oxygen atoms in total. The quantitative estimate of drug-likeness (QED) is 0.671. The first-order chi connectivity index (χ1) is 12.8. The fraction of sp³-hybridized carbons (Fsp3) is 0.316. The molecular formula is C19H20N4O2S. The van der Waals surface area contributed by atoms with Crippen LogP contribution in [0, 0.1) is 0 Å². The van der Waals surface area contributed by atoms with Crippen LogP contribution < -0.4 is 5.32 Å². The van der Waals surface area contributed by atoms with Crippen LogP contribution in [0.5, 0.6) is 0 Å². The minimum atomic E-state index is -0.0224. The summed E-state index contributed by atoms with van der Waals surface area (Å²) in [6.45, 7) is 2.76. The molecule has 0 atom stereocenters. The van der Waals surface area contributed by atoms with E-state index in [9.17, 15) is 4.79 Å². The van der Waals surface area contributed by atoms with Gasteiger partial charge in [0.1, 0.15) is 6.26 Å². The highest BCUT2D eigenvalue weighted by atomic mass is 32.2. The van der Waals surface area contributed by atoms with Crippen molar-refractivity contribution in [2.24, 2.45) is 0 Å². The average Bonchev–Trinajstić information content (AvgIpc) is 3.38. The van der Waals surface area contributed by atoms with Crippen molar-refractivity contribution < 1.29 is 9.21 Å². The second-order valence-corrected chi connectivity index (χ2v) is 7.14. The second kappa shape index (κ2) is 7.37. The molecule has 1 aliphatic carbocycles. The van der Waals surface area contributed by atoms with E-state index in [1.165, 1.54) is 22.9 Å². The third-order valence-corrected chi connectivity index (χ3v) is 5.53. The van der Waals surface area contributed by atoms with Gasteiger partial charge in [0.2, 0.25) is 5.91 Å². The van der Waals surface area contributed by atoms with Gasteiger partial charge < -0.3 is 14.3 Å². The molecule has 0 fully saturated rings. The molecule has 0 bridgehead atoms. The Bertz CT molecular complexity index is 918. The molecule has 0 saturated carbocycles. The molecule has 1 aliphatic rings. The second-order valence-electron chi connectivity index (χ2n) is 6.20. The molecule has 2 heterocycles. The van der Waals surface area contributed by atoms with Crippen molar-refractivity contribution in [2.75, 3.05) is 11.1 Å². The highest BCUT2D eigenvalue weighted by Gasteiger charge is 2.18. The van der Waals surface area contributed by atoms with E-state index < -0.39 is 0 Å². The summed E-state index contributed by atoms with van der Waals surface area (Å²) in [6.07, 6.45) is 6.56. The number of fused-ring (bicyclic) bond motifs is 1. The van der Waals surface area contributed by atoms with E-state index in [0.717, 1.165) is 48.0 Å². The van der Waals surface area contributed by atoms with E-state index >= 15 is 0 Å². The zero-order chi connectivity index (χ0) is 17.9. The molecular weight excluding hydrogens is 348 g/mol. The molecule has 0 spiro atoms. The topological polar surface area (TPSA) is 73.0 Å². The molecule has 0 radical (unpaired) electrons. The van der Waals surface area contributed by atoms with Crippen molar-refractivity contribution in [1.29, 1.82) is 0 Å². The summed E-state index contributed by atoms with van der Waals surface area (Å²) >= 11 is 1.40. The number of furan rings is 1. The SMILES string of the molecule is CCn1c(SCC(=O)Nc2cccc3c2CCC3)nnc1-c1ccoc1. The van der Waals surface area contributed by atoms with Crippen molar-refractivity contribution in [2.45, 2.75) is 37.9 Å². The summed E-state index contributed by atoms with van der Waals surface area (Å²) < 4.78 is 7.12. The molecule has 134 valence electrons. The molecule has 3 aromatic rings. The van der Waals surface area contributed by atoms with Gasteiger partial charge in [0, 0.05) is 12.2 Å². The number of benzene rings is 1. The Labute approximate surface area is 156 Å². The highest BCUT2D eigenvalue weighted by molar-refractivity contribution is 7.99. The predicted molar refractivity (Wildman–Crippen MR) is 101 cm³/mol. The first-order valence-electron chi connectivity index (χ1n) is 8.75. The number of hydrogen-bond acceptors (Lipinski definition) is 5. The third-order valence-electron chi connectivity index (χ3n) is 4.56. The van der Waals surface area contributed by atoms with Crippen molar-refractivity contribution in [3.63, 3.8) is 0 Å². The van der Waals surface area contributed by atoms with Crippen LogP contribution in [0.4, 0.5) is 5.69 Å². The van der Waals surface area contributed by atoms with E-state index in [0.29, 0.717) is 5.75 Å². The van der Waals surface area contributed by atoms with E-state index in [1.54, 1.807) is 12.5 Å². The van der Waals surface area contributed by atoms with Crippen LogP contribution in [0.15, 0.2) is 46.4 Å². The normalized spacial score (nSPS) is 13.0. The number of nitrogens with one attached hydrogen (secondary N) is 1. The Kier molecular flexibility index (Phi) is 4.79. The number of carbonyl (C=O) groups is 1. The van der Waals surface area contributed by atoms with Gasteiger partial charge in [-0.3, -0.25) is 4.79 Å². The standard InChI is InChI=1S/C19H20N4O2S/c1-2-23-18(14-9-10-25-11-14)21-22-19(23)26-12-17(24)20-16-8-4-6-13-5-3-7-15(13)16/h4,6,8-11H,2-3,5,7,12H2,1H3,(H,20,24). The third kappa shape index (κ3) is 3.26. The minimum absolute atomic E-state index is 0.0224. The van der Waals surface area contributed by atoms with Crippen LogP contribution in [0.3, 0.4) is 0 Å². The molecule has 0 aliphatic heterocycles. The Hall–Kier alpha value is -2.54. The van der Waals surface area contributed by atoms with E-state index in [4.69, 9.17) is 4.42 Å². The maximum absolute atomic E-state index is 12.4. The van der Waals surface area contributed by atoms with E-state index in [1.807, 2.05) is 29.7 Å². The summed E-state index contributed by atoms with van der Waals surface area (Å²) in [5.74, 6) is 1.03. The molecule has 2 aromatic heterocycles. The largest absolute Gasteiger partial charge is 0.472 e. The Balaban J connectivity index is 1.43. The summed E-state index contributed by atoms with van der Waals surface area (Å²) in [6, 6.07) is 8.00. The first kappa shape index (κ1) is 16.9. The van der Waals surface area contributed by atoms with Gasteiger partial charge in [-0.15, -0.1) is 10.2 Å². The smallest absolute Gasteiger partial charge is 0.234 e. The number of aromatic nitrogens is 3. The van der Waals surface area contributed by atoms with Gasteiger partial charge in [-0.05, 0) is 49.4 Å². The average molecular weight is 368 g/mol. The van der Waals surface area contributed by atoms with Crippen LogP contribution in [0.25, 0.3) is 11.4 Å². The number of thioether (sulfide) groups is 1. The molecule has 1 aromatic carbocycles. The van der Waals surface area contributed by atoms with Crippen molar-refractivity contribution >= 4 is 23.4 Å². The van der Waals surface area contributed by atoms with Gasteiger partial charge >= 0.3 is 0 Å². The van der Waals surface area contributed by atoms with Gasteiger partial charge in [0.15, 0.2) is 11.0 Å². The van der Waals surface area contributed by atoms with Crippen molar-refractivity contribution in [1.82, 2.24) is 14.8 Å². The molecule has 26 heavy (non-hydrogen) atoms. The van der Waals surface area contributed by atoms with Crippen LogP contribution in [0.1, 0.15) is 24.5 Å². The maximum Gasteiger partial charge on any atom is 0.234 e. The maximum atomic E-state index is 12.4. The van der Waals surface area contributed by atoms with Gasteiger partial charge in [-0.25, -0.2) is 0 Å². The lowest BCUT2D eigenvalue weighted by atomic mass is 10.1. The Morgan fingerprint density at radius 2 is 2.23 bits per heavy atom. The number of rotatable bonds is 6. The van der Waals surface area contributed by atoms with Crippen LogP contribution in [0.2, 0.25) is 0 Å². The summed E-state index contributed by atoms with van der Waals surface area (Å²) in [7, 11) is 0. The van der Waals surface area contributed by atoms with Gasteiger partial charge in [0.25, 0.3) is 0 Å². The predicted octanol–water partition coefficient (Wildman–Crippen LogP) is 3.78. The molecule has 1 amide bonds. The molecule has 4 rings (SSSR count). The molecule has 0 unspecified atom stereocenters. The van der Waals surface area contributed by atoms with E-state index in [-0.39, 0.29) is 5.91 Å². The zero-order valence-electron chi connectivity index (χ0n) is 14.6. The number of amides is 1. The lowest BCUT2D eigenvalue weighted by molar-refractivity contribution is -0.113. The van der Waals surface area contributed by atoms with Crippen LogP contribution in [-0.2, 0) is 24.2 Å². The monoisotopic (exact) mass is 368 g/mol. The van der Waals surface area contributed by atoms with Crippen molar-refractivity contribution in [3.05, 3.63) is 47.9 Å². The lowest BCUT2D eigenvalue weighted by Crippen LogP contribution is -2.16. The number of hydrogen-bond donors (Lipinski definition) is 1. The van der Waals surface area contributed by atoms with Crippen LogP contribution >= 0.6 is 11.8 Å². The molecule has 0 saturated heterocycles. The Morgan fingerprint density at radius 1 is 1.31 bits per heavy atom. The summed E-state index contributed by atoms with van der Waals surface area (Å²) in [4.78, 5) is 12.4. The van der Waals surface area contributed by atoms with E-state index in [2.05, 4.69) is 21.6 Å². The minimum Gasteiger partial charge on any atom is -0.472 e. The number of nitrogens with zero attached hydrogens (tertiary/aromatic N) is 3. The molecule has 7 heteroatoms. The van der Waals surface area contributed by atoms with Gasteiger partial charge in [-0.2, -0.15) is 0 Å². The Morgan fingerprint density at radius 3 is 3.04 bits per heavy atom. The fourth-order valence-corrected chi connectivity index (χ4v) is 4.14. The van der Waals surface area contributed by atoms with Gasteiger partial charge in [0.05, 0.1) is 17.6 Å². The lowest BCUT2D eigenvalue weighted by Gasteiger charge is -2.10. The fourth-order valence-electron chi connectivity index (χ4n) is 3.34. The molecule has 1 N–H and O–H groups in total.